The number of halogens is 3. The van der Waals surface area contributed by atoms with E-state index < -0.39 is 17.8 Å². The van der Waals surface area contributed by atoms with Crippen LogP contribution in [0, 0.1) is 0 Å². The lowest BCUT2D eigenvalue weighted by atomic mass is 9.91. The quantitative estimate of drug-likeness (QED) is 0.776. The fraction of sp³-hybridized carbons (Fsp3) is 0.556. The van der Waals surface area contributed by atoms with Gasteiger partial charge in [0.2, 0.25) is 0 Å². The molecular weight excluding hydrogens is 405 g/mol. The predicted octanol–water partition coefficient (Wildman–Crippen LogP) is 1.64. The van der Waals surface area contributed by atoms with Crippen LogP contribution < -0.4 is 0 Å². The molecule has 0 bridgehead atoms. The van der Waals surface area contributed by atoms with E-state index in [0.29, 0.717) is 57.8 Å². The van der Waals surface area contributed by atoms with Crippen molar-refractivity contribution in [1.82, 2.24) is 30.2 Å². The molecule has 9 nitrogen and oxygen atoms in total. The molecule has 0 saturated carbocycles. The number of nitrogens with one attached hydrogen (secondary N) is 2. The summed E-state index contributed by atoms with van der Waals surface area (Å²) in [5.74, 6) is -0.646. The normalized spacial score (nSPS) is 18.6. The molecule has 12 heteroatoms. The largest absolute Gasteiger partial charge is 0.432 e. The first kappa shape index (κ1) is 20.4. The van der Waals surface area contributed by atoms with Crippen LogP contribution in [0.4, 0.5) is 13.2 Å². The molecule has 2 saturated heterocycles. The minimum Gasteiger partial charge on any atom is -0.378 e. The van der Waals surface area contributed by atoms with E-state index in [0.717, 1.165) is 11.8 Å². The maximum absolute atomic E-state index is 12.8. The highest BCUT2D eigenvalue weighted by Crippen LogP contribution is 2.31. The van der Waals surface area contributed by atoms with Crippen molar-refractivity contribution in [3.05, 3.63) is 34.9 Å². The topological polar surface area (TPSA) is 107 Å². The SMILES string of the molecule is O=C(c1cc(C(F)(F)F)[nH]n1)N1CCC(c2[nH]ncc2C(=O)N2CCOCC2)CC1. The van der Waals surface area contributed by atoms with Gasteiger partial charge in [0.25, 0.3) is 11.8 Å². The summed E-state index contributed by atoms with van der Waals surface area (Å²) in [7, 11) is 0. The van der Waals surface area contributed by atoms with Crippen molar-refractivity contribution in [1.29, 1.82) is 0 Å². The fourth-order valence-electron chi connectivity index (χ4n) is 3.82. The number of amides is 2. The number of hydrogen-bond acceptors (Lipinski definition) is 5. The summed E-state index contributed by atoms with van der Waals surface area (Å²) in [6.45, 7) is 2.76. The highest BCUT2D eigenvalue weighted by Gasteiger charge is 2.35. The van der Waals surface area contributed by atoms with Crippen LogP contribution in [0.1, 0.15) is 51.0 Å². The van der Waals surface area contributed by atoms with E-state index >= 15 is 0 Å². The van der Waals surface area contributed by atoms with Crippen LogP contribution in [0.5, 0.6) is 0 Å². The van der Waals surface area contributed by atoms with Crippen molar-refractivity contribution in [3.8, 4) is 0 Å². The van der Waals surface area contributed by atoms with Crippen molar-refractivity contribution in [2.75, 3.05) is 39.4 Å². The van der Waals surface area contributed by atoms with Crippen LogP contribution in [0.25, 0.3) is 0 Å². The monoisotopic (exact) mass is 426 g/mol. The van der Waals surface area contributed by atoms with Gasteiger partial charge < -0.3 is 14.5 Å². The highest BCUT2D eigenvalue weighted by molar-refractivity contribution is 5.95. The first-order valence-corrected chi connectivity index (χ1v) is 9.66. The van der Waals surface area contributed by atoms with E-state index in [1.165, 1.54) is 11.1 Å². The summed E-state index contributed by atoms with van der Waals surface area (Å²) < 4.78 is 43.4. The minimum atomic E-state index is -4.58. The number of nitrogens with zero attached hydrogens (tertiary/aromatic N) is 4. The number of ether oxygens (including phenoxy) is 1. The Morgan fingerprint density at radius 1 is 1.03 bits per heavy atom. The third-order valence-electron chi connectivity index (χ3n) is 5.49. The molecule has 0 spiro atoms. The lowest BCUT2D eigenvalue weighted by Gasteiger charge is -2.32. The number of rotatable bonds is 3. The Kier molecular flexibility index (Phi) is 5.50. The molecule has 30 heavy (non-hydrogen) atoms. The van der Waals surface area contributed by atoms with Gasteiger partial charge in [0, 0.05) is 38.2 Å². The number of carbonyl (C=O) groups excluding carboxylic acids is 2. The number of aromatic amines is 2. The second kappa shape index (κ2) is 8.09. The summed E-state index contributed by atoms with van der Waals surface area (Å²) in [6, 6.07) is 0.725. The smallest absolute Gasteiger partial charge is 0.378 e. The van der Waals surface area contributed by atoms with Crippen molar-refractivity contribution < 1.29 is 27.5 Å². The molecule has 0 unspecified atom stereocenters. The molecule has 0 aliphatic carbocycles. The number of piperidine rings is 1. The molecule has 0 radical (unpaired) electrons. The summed E-state index contributed by atoms with van der Waals surface area (Å²) in [4.78, 5) is 28.5. The van der Waals surface area contributed by atoms with Gasteiger partial charge in [0.15, 0.2) is 5.69 Å². The van der Waals surface area contributed by atoms with E-state index in [1.807, 2.05) is 5.10 Å². The van der Waals surface area contributed by atoms with Gasteiger partial charge in [-0.15, -0.1) is 0 Å². The van der Waals surface area contributed by atoms with Crippen LogP contribution in [-0.2, 0) is 10.9 Å². The first-order valence-electron chi connectivity index (χ1n) is 9.66. The van der Waals surface area contributed by atoms with E-state index in [1.54, 1.807) is 4.90 Å². The van der Waals surface area contributed by atoms with Gasteiger partial charge in [-0.25, -0.2) is 0 Å². The van der Waals surface area contributed by atoms with Crippen LogP contribution in [-0.4, -0.2) is 81.4 Å². The van der Waals surface area contributed by atoms with Crippen molar-refractivity contribution in [2.45, 2.75) is 24.9 Å². The molecule has 2 fully saturated rings. The predicted molar refractivity (Wildman–Crippen MR) is 96.8 cm³/mol. The third-order valence-corrected chi connectivity index (χ3v) is 5.49. The minimum absolute atomic E-state index is 0.00135. The Morgan fingerprint density at radius 3 is 2.33 bits per heavy atom. The zero-order valence-corrected chi connectivity index (χ0v) is 16.0. The van der Waals surface area contributed by atoms with Gasteiger partial charge in [-0.3, -0.25) is 19.8 Å². The third kappa shape index (κ3) is 4.04. The number of alkyl halides is 3. The van der Waals surface area contributed by atoms with Crippen molar-refractivity contribution >= 4 is 11.8 Å². The molecule has 2 aromatic rings. The lowest BCUT2D eigenvalue weighted by molar-refractivity contribution is -0.141. The summed E-state index contributed by atoms with van der Waals surface area (Å²) in [5.41, 5.74) is -0.0588. The van der Waals surface area contributed by atoms with E-state index in [9.17, 15) is 22.8 Å². The Morgan fingerprint density at radius 2 is 1.70 bits per heavy atom. The van der Waals surface area contributed by atoms with Crippen LogP contribution >= 0.6 is 0 Å². The molecule has 4 heterocycles. The molecule has 162 valence electrons. The molecule has 2 aliphatic heterocycles. The molecule has 2 aromatic heterocycles. The second-order valence-electron chi connectivity index (χ2n) is 7.33. The molecular formula is C18H21F3N6O3. The van der Waals surface area contributed by atoms with Gasteiger partial charge in [-0.1, -0.05) is 0 Å². The van der Waals surface area contributed by atoms with Gasteiger partial charge >= 0.3 is 6.18 Å². The van der Waals surface area contributed by atoms with Crippen molar-refractivity contribution in [3.63, 3.8) is 0 Å². The van der Waals surface area contributed by atoms with Crippen LogP contribution in [0.3, 0.4) is 0 Å². The lowest BCUT2D eigenvalue weighted by Crippen LogP contribution is -2.41. The van der Waals surface area contributed by atoms with Crippen LogP contribution in [0.15, 0.2) is 12.3 Å². The molecule has 2 N–H and O–H groups in total. The maximum atomic E-state index is 12.8. The Bertz CT molecular complexity index is 910. The Labute approximate surface area is 169 Å². The fourth-order valence-corrected chi connectivity index (χ4v) is 3.82. The molecule has 4 rings (SSSR count). The maximum Gasteiger partial charge on any atom is 0.432 e. The molecule has 0 atom stereocenters. The zero-order chi connectivity index (χ0) is 21.3. The number of carbonyl (C=O) groups is 2. The van der Waals surface area contributed by atoms with E-state index in [4.69, 9.17) is 4.74 Å². The number of morpholine rings is 1. The molecule has 2 amide bonds. The van der Waals surface area contributed by atoms with Gasteiger partial charge in [-0.2, -0.15) is 23.4 Å². The standard InChI is InChI=1S/C18H21F3N6O3/c19-18(20,21)14-9-13(23-24-14)17(29)26-3-1-11(2-4-26)15-12(10-22-25-15)16(28)27-5-7-30-8-6-27/h9-11H,1-8H2,(H,22,25)(H,23,24). The van der Waals surface area contributed by atoms with Crippen LogP contribution in [0.2, 0.25) is 0 Å². The van der Waals surface area contributed by atoms with Gasteiger partial charge in [-0.05, 0) is 12.8 Å². The Balaban J connectivity index is 1.39. The number of H-pyrrole nitrogens is 2. The molecule has 2 aliphatic rings. The van der Waals surface area contributed by atoms with E-state index in [-0.39, 0.29) is 17.5 Å². The van der Waals surface area contributed by atoms with Gasteiger partial charge in [0.1, 0.15) is 5.69 Å². The first-order chi connectivity index (χ1) is 14.3. The summed E-state index contributed by atoms with van der Waals surface area (Å²) in [5, 5.41) is 12.3. The average Bonchev–Trinajstić information content (AvgIpc) is 3.43. The highest BCUT2D eigenvalue weighted by atomic mass is 19.4. The average molecular weight is 426 g/mol. The number of likely N-dealkylation sites (tertiary alicyclic amines) is 1. The second-order valence-corrected chi connectivity index (χ2v) is 7.33. The summed E-state index contributed by atoms with van der Waals surface area (Å²) >= 11 is 0. The van der Waals surface area contributed by atoms with Gasteiger partial charge in [0.05, 0.1) is 30.7 Å². The zero-order valence-electron chi connectivity index (χ0n) is 16.0. The summed E-state index contributed by atoms with van der Waals surface area (Å²) in [6.07, 6.45) is -1.93. The number of hydrogen-bond donors (Lipinski definition) is 2. The molecule has 0 aromatic carbocycles. The Hall–Kier alpha value is -2.89. The van der Waals surface area contributed by atoms with Crippen molar-refractivity contribution in [2.24, 2.45) is 0 Å². The van der Waals surface area contributed by atoms with E-state index in [2.05, 4.69) is 15.3 Å². The number of aromatic nitrogens is 4.